The smallest absolute Gasteiger partial charge is 0.213 e. The highest BCUT2D eigenvalue weighted by Gasteiger charge is 2.22. The fraction of sp³-hybridized carbons (Fsp3) is 0.588. The molecule has 0 spiro atoms. The van der Waals surface area contributed by atoms with E-state index in [0.717, 1.165) is 30.6 Å². The molecule has 1 aromatic rings. The van der Waals surface area contributed by atoms with E-state index in [4.69, 9.17) is 10.5 Å². The van der Waals surface area contributed by atoms with Gasteiger partial charge in [0.25, 0.3) is 0 Å². The predicted molar refractivity (Wildman–Crippen MR) is 113 cm³/mol. The minimum Gasteiger partial charge on any atom is -0.493 e. The van der Waals surface area contributed by atoms with Gasteiger partial charge in [0.15, 0.2) is 5.96 Å². The molecule has 1 unspecified atom stereocenters. The number of benzene rings is 1. The highest BCUT2D eigenvalue weighted by atomic mass is 127. The standard InChI is InChI=1S/C17H26N4O3S.HI/c18-17(19-9-11-25(22,23)20-12-13-4-3-5-13)21-15-8-10-24-16-7-2-1-6-14(15)16;/h1-2,6-7,13,15,20H,3-5,8-12H2,(H3,18,19,21);1H. The number of guanidine groups is 1. The summed E-state index contributed by atoms with van der Waals surface area (Å²) in [6, 6.07) is 7.84. The van der Waals surface area contributed by atoms with Crippen molar-refractivity contribution in [3.8, 4) is 5.75 Å². The van der Waals surface area contributed by atoms with Gasteiger partial charge in [-0.2, -0.15) is 0 Å². The van der Waals surface area contributed by atoms with Crippen LogP contribution in [0.25, 0.3) is 0 Å². The summed E-state index contributed by atoms with van der Waals surface area (Å²) in [5, 5.41) is 3.16. The van der Waals surface area contributed by atoms with Crippen molar-refractivity contribution in [2.45, 2.75) is 31.7 Å². The first kappa shape index (κ1) is 21.2. The summed E-state index contributed by atoms with van der Waals surface area (Å²) in [7, 11) is -3.29. The van der Waals surface area contributed by atoms with Crippen LogP contribution in [-0.4, -0.2) is 39.8 Å². The van der Waals surface area contributed by atoms with Crippen LogP contribution in [0.15, 0.2) is 29.3 Å². The van der Waals surface area contributed by atoms with Gasteiger partial charge in [0.05, 0.1) is 24.9 Å². The normalized spacial score (nSPS) is 20.3. The van der Waals surface area contributed by atoms with E-state index in [1.54, 1.807) is 0 Å². The van der Waals surface area contributed by atoms with Crippen LogP contribution >= 0.6 is 24.0 Å². The molecular weight excluding hydrogens is 467 g/mol. The summed E-state index contributed by atoms with van der Waals surface area (Å²) in [5.41, 5.74) is 6.97. The van der Waals surface area contributed by atoms with Crippen LogP contribution in [0.5, 0.6) is 5.75 Å². The van der Waals surface area contributed by atoms with E-state index in [1.165, 1.54) is 6.42 Å². The Kier molecular flexibility index (Phi) is 7.96. The number of hydrogen-bond donors (Lipinski definition) is 3. The van der Waals surface area contributed by atoms with Gasteiger partial charge in [0.1, 0.15) is 5.75 Å². The number of nitrogens with one attached hydrogen (secondary N) is 2. The van der Waals surface area contributed by atoms with E-state index in [9.17, 15) is 8.42 Å². The number of nitrogens with two attached hydrogens (primary N) is 1. The zero-order valence-corrected chi connectivity index (χ0v) is 17.8. The van der Waals surface area contributed by atoms with E-state index < -0.39 is 10.0 Å². The quantitative estimate of drug-likeness (QED) is 0.304. The van der Waals surface area contributed by atoms with Crippen LogP contribution in [0, 0.1) is 5.92 Å². The number of nitrogens with zero attached hydrogens (tertiary/aromatic N) is 1. The van der Waals surface area contributed by atoms with E-state index in [1.807, 2.05) is 24.3 Å². The van der Waals surface area contributed by atoms with Crippen LogP contribution in [0.1, 0.15) is 37.3 Å². The van der Waals surface area contributed by atoms with Crippen molar-refractivity contribution in [1.29, 1.82) is 0 Å². The molecule has 1 aromatic carbocycles. The van der Waals surface area contributed by atoms with Crippen LogP contribution in [0.2, 0.25) is 0 Å². The maximum Gasteiger partial charge on any atom is 0.213 e. The fourth-order valence-electron chi connectivity index (χ4n) is 3.02. The lowest BCUT2D eigenvalue weighted by Crippen LogP contribution is -2.38. The van der Waals surface area contributed by atoms with Crippen LogP contribution in [-0.2, 0) is 10.0 Å². The first-order valence-electron chi connectivity index (χ1n) is 8.79. The topological polar surface area (TPSA) is 106 Å². The average molecular weight is 494 g/mol. The Labute approximate surface area is 172 Å². The van der Waals surface area contributed by atoms with E-state index in [2.05, 4.69) is 15.0 Å². The van der Waals surface area contributed by atoms with Crippen LogP contribution < -0.4 is 20.5 Å². The Balaban J connectivity index is 0.00000243. The van der Waals surface area contributed by atoms with Gasteiger partial charge in [-0.3, -0.25) is 4.99 Å². The number of sulfonamides is 1. The molecule has 1 aliphatic carbocycles. The number of hydrogen-bond acceptors (Lipinski definition) is 4. The average Bonchev–Trinajstić information content (AvgIpc) is 2.53. The molecule has 3 rings (SSSR count). The number of para-hydroxylation sites is 1. The van der Waals surface area contributed by atoms with Crippen molar-refractivity contribution in [1.82, 2.24) is 10.0 Å². The summed E-state index contributed by atoms with van der Waals surface area (Å²) < 4.78 is 32.2. The SMILES string of the molecule is I.NC(=NCCS(=O)(=O)NCC1CCC1)NC1CCOc2ccccc21. The first-order valence-corrected chi connectivity index (χ1v) is 10.4. The predicted octanol–water partition coefficient (Wildman–Crippen LogP) is 1.75. The van der Waals surface area contributed by atoms with Crippen molar-refractivity contribution >= 4 is 40.0 Å². The summed E-state index contributed by atoms with van der Waals surface area (Å²) in [5.74, 6) is 1.56. The fourth-order valence-corrected chi connectivity index (χ4v) is 3.98. The highest BCUT2D eigenvalue weighted by molar-refractivity contribution is 14.0. The highest BCUT2D eigenvalue weighted by Crippen LogP contribution is 2.31. The van der Waals surface area contributed by atoms with Gasteiger partial charge in [-0.05, 0) is 24.8 Å². The monoisotopic (exact) mass is 494 g/mol. The lowest BCUT2D eigenvalue weighted by molar-refractivity contribution is 0.262. The van der Waals surface area contributed by atoms with E-state index in [-0.39, 0.29) is 48.3 Å². The molecule has 1 aliphatic heterocycles. The maximum absolute atomic E-state index is 12.0. The van der Waals surface area contributed by atoms with Crippen LogP contribution in [0.4, 0.5) is 0 Å². The number of rotatable bonds is 7. The van der Waals surface area contributed by atoms with Gasteiger partial charge in [-0.25, -0.2) is 13.1 Å². The molecule has 26 heavy (non-hydrogen) atoms. The van der Waals surface area contributed by atoms with Crippen molar-refractivity contribution in [3.05, 3.63) is 29.8 Å². The molecule has 1 heterocycles. The molecule has 1 saturated carbocycles. The maximum atomic E-state index is 12.0. The number of ether oxygens (including phenoxy) is 1. The first-order chi connectivity index (χ1) is 12.0. The molecule has 9 heteroatoms. The third-order valence-corrected chi connectivity index (χ3v) is 6.07. The Bertz CT molecular complexity index is 722. The minimum atomic E-state index is -3.29. The summed E-state index contributed by atoms with van der Waals surface area (Å²) in [6.45, 7) is 1.30. The van der Waals surface area contributed by atoms with Crippen molar-refractivity contribution < 1.29 is 13.2 Å². The lowest BCUT2D eigenvalue weighted by Gasteiger charge is -2.27. The molecule has 0 saturated heterocycles. The Morgan fingerprint density at radius 3 is 2.77 bits per heavy atom. The second-order valence-corrected chi connectivity index (χ2v) is 8.53. The molecule has 146 valence electrons. The Hall–Kier alpha value is -1.07. The molecule has 0 bridgehead atoms. The van der Waals surface area contributed by atoms with E-state index in [0.29, 0.717) is 19.1 Å². The number of halogens is 1. The zero-order chi connectivity index (χ0) is 17.7. The van der Waals surface area contributed by atoms with Gasteiger partial charge >= 0.3 is 0 Å². The van der Waals surface area contributed by atoms with Gasteiger partial charge in [0, 0.05) is 18.5 Å². The molecule has 0 radical (unpaired) electrons. The van der Waals surface area contributed by atoms with Gasteiger partial charge in [0.2, 0.25) is 10.0 Å². The third-order valence-electron chi connectivity index (χ3n) is 4.74. The molecule has 7 nitrogen and oxygen atoms in total. The molecule has 4 N–H and O–H groups in total. The van der Waals surface area contributed by atoms with Crippen LogP contribution in [0.3, 0.4) is 0 Å². The largest absolute Gasteiger partial charge is 0.493 e. The summed E-state index contributed by atoms with van der Waals surface area (Å²) >= 11 is 0. The molecule has 0 aromatic heterocycles. The van der Waals surface area contributed by atoms with Crippen molar-refractivity contribution in [2.24, 2.45) is 16.6 Å². The Morgan fingerprint density at radius 2 is 2.04 bits per heavy atom. The Morgan fingerprint density at radius 1 is 1.27 bits per heavy atom. The molecule has 0 amide bonds. The van der Waals surface area contributed by atoms with Crippen molar-refractivity contribution in [3.63, 3.8) is 0 Å². The summed E-state index contributed by atoms with van der Waals surface area (Å²) in [4.78, 5) is 4.16. The molecule has 1 atom stereocenters. The number of fused-ring (bicyclic) bond motifs is 1. The second kappa shape index (κ2) is 9.75. The van der Waals surface area contributed by atoms with Gasteiger partial charge in [-0.1, -0.05) is 24.6 Å². The summed E-state index contributed by atoms with van der Waals surface area (Å²) in [6.07, 6.45) is 4.22. The molecule has 2 aliphatic rings. The second-order valence-electron chi connectivity index (χ2n) is 6.60. The lowest BCUT2D eigenvalue weighted by atomic mass is 9.86. The van der Waals surface area contributed by atoms with E-state index >= 15 is 0 Å². The van der Waals surface area contributed by atoms with Crippen molar-refractivity contribution in [2.75, 3.05) is 25.4 Å². The minimum absolute atomic E-state index is 0. The third kappa shape index (κ3) is 5.98. The zero-order valence-electron chi connectivity index (χ0n) is 14.7. The number of aliphatic imine (C=N–C) groups is 1. The van der Waals surface area contributed by atoms with Gasteiger partial charge < -0.3 is 15.8 Å². The molecular formula is C17H27IN4O3S. The van der Waals surface area contributed by atoms with Gasteiger partial charge in [-0.15, -0.1) is 24.0 Å². The molecule has 1 fully saturated rings.